The maximum atomic E-state index is 14.5. The first-order valence-electron chi connectivity index (χ1n) is 8.21. The maximum absolute atomic E-state index is 14.5. The Hall–Kier alpha value is -1.77. The highest BCUT2D eigenvalue weighted by Crippen LogP contribution is 2.47. The number of aryl methyl sites for hydroxylation is 1. The van der Waals surface area contributed by atoms with Crippen LogP contribution in [0.3, 0.4) is 0 Å². The number of hydrogen-bond donors (Lipinski definition) is 2. The van der Waals surface area contributed by atoms with Crippen molar-refractivity contribution in [1.82, 2.24) is 4.72 Å². The van der Waals surface area contributed by atoms with Gasteiger partial charge in [-0.05, 0) is 54.7 Å². The fourth-order valence-electron chi connectivity index (χ4n) is 3.24. The lowest BCUT2D eigenvalue weighted by molar-refractivity contribution is -0.116. The highest BCUT2D eigenvalue weighted by atomic mass is 79.9. The van der Waals surface area contributed by atoms with Crippen LogP contribution in [0.4, 0.5) is 10.1 Å². The maximum Gasteiger partial charge on any atom is 0.244 e. The van der Waals surface area contributed by atoms with E-state index in [1.807, 2.05) is 24.3 Å². The van der Waals surface area contributed by atoms with Crippen molar-refractivity contribution in [3.05, 3.63) is 57.8 Å². The predicted octanol–water partition coefficient (Wildman–Crippen LogP) is 3.44. The molecule has 2 aromatic rings. The van der Waals surface area contributed by atoms with E-state index < -0.39 is 21.4 Å². The topological polar surface area (TPSA) is 75.3 Å². The van der Waals surface area contributed by atoms with Crippen LogP contribution in [0, 0.1) is 5.82 Å². The van der Waals surface area contributed by atoms with E-state index in [0.29, 0.717) is 30.5 Å². The molecular weight excluding hydrogens is 423 g/mol. The number of amides is 1. The van der Waals surface area contributed by atoms with Crippen LogP contribution in [-0.2, 0) is 26.8 Å². The van der Waals surface area contributed by atoms with Crippen molar-refractivity contribution >= 4 is 37.5 Å². The van der Waals surface area contributed by atoms with Crippen LogP contribution in [0.5, 0.6) is 0 Å². The molecule has 0 radical (unpaired) electrons. The second-order valence-electron chi connectivity index (χ2n) is 6.68. The summed E-state index contributed by atoms with van der Waals surface area (Å²) in [5, 5.41) is 2.57. The van der Waals surface area contributed by atoms with Gasteiger partial charge in [-0.3, -0.25) is 4.79 Å². The van der Waals surface area contributed by atoms with E-state index in [1.54, 1.807) is 0 Å². The lowest BCUT2D eigenvalue weighted by Crippen LogP contribution is -2.35. The number of hydrogen-bond acceptors (Lipinski definition) is 3. The van der Waals surface area contributed by atoms with Crippen molar-refractivity contribution in [2.75, 3.05) is 5.32 Å². The molecule has 2 aromatic carbocycles. The molecule has 1 heterocycles. The molecule has 0 atom stereocenters. The van der Waals surface area contributed by atoms with Crippen LogP contribution in [0.25, 0.3) is 0 Å². The molecular formula is C18H16BrFN2O3S. The normalized spacial score (nSPS) is 18.2. The van der Waals surface area contributed by atoms with Crippen molar-refractivity contribution in [2.45, 2.75) is 36.1 Å². The van der Waals surface area contributed by atoms with Gasteiger partial charge in [0.05, 0.1) is 5.54 Å². The number of halogens is 2. The van der Waals surface area contributed by atoms with Gasteiger partial charge in [0.15, 0.2) is 0 Å². The van der Waals surface area contributed by atoms with E-state index in [0.717, 1.165) is 16.1 Å². The summed E-state index contributed by atoms with van der Waals surface area (Å²) in [4.78, 5) is 11.0. The summed E-state index contributed by atoms with van der Waals surface area (Å²) in [5.41, 5.74) is 1.14. The van der Waals surface area contributed by atoms with Gasteiger partial charge < -0.3 is 5.32 Å². The van der Waals surface area contributed by atoms with Crippen molar-refractivity contribution in [3.8, 4) is 0 Å². The Bertz CT molecular complexity index is 1000. The summed E-state index contributed by atoms with van der Waals surface area (Å²) in [5.74, 6) is -1.07. The minimum atomic E-state index is -4.04. The number of carbonyl (C=O) groups is 1. The molecule has 1 fully saturated rings. The number of nitrogens with one attached hydrogen (secondary N) is 2. The Kier molecular flexibility index (Phi) is 4.17. The minimum absolute atomic E-state index is 0.196. The number of benzene rings is 2. The van der Waals surface area contributed by atoms with Crippen LogP contribution >= 0.6 is 15.9 Å². The Morgan fingerprint density at radius 3 is 2.46 bits per heavy atom. The van der Waals surface area contributed by atoms with Crippen molar-refractivity contribution < 1.29 is 17.6 Å². The molecule has 0 spiro atoms. The molecule has 4 rings (SSSR count). The SMILES string of the molecule is O=C1CCc2cc(S(=O)(=O)NC3(c4ccc(Br)cc4)CC3)c(F)cc2N1. The van der Waals surface area contributed by atoms with Crippen LogP contribution in [0.1, 0.15) is 30.4 Å². The molecule has 0 unspecified atom stereocenters. The molecule has 1 aliphatic heterocycles. The lowest BCUT2D eigenvalue weighted by atomic mass is 10.0. The lowest BCUT2D eigenvalue weighted by Gasteiger charge is -2.21. The first kappa shape index (κ1) is 17.6. The second kappa shape index (κ2) is 6.14. The summed E-state index contributed by atoms with van der Waals surface area (Å²) < 4.78 is 43.8. The number of sulfonamides is 1. The highest BCUT2D eigenvalue weighted by molar-refractivity contribution is 9.10. The van der Waals surface area contributed by atoms with E-state index in [2.05, 4.69) is 26.0 Å². The van der Waals surface area contributed by atoms with E-state index >= 15 is 0 Å². The van der Waals surface area contributed by atoms with E-state index in [1.165, 1.54) is 6.07 Å². The molecule has 1 aliphatic carbocycles. The molecule has 0 saturated heterocycles. The number of fused-ring (bicyclic) bond motifs is 1. The molecule has 5 nitrogen and oxygen atoms in total. The Morgan fingerprint density at radius 1 is 1.12 bits per heavy atom. The smallest absolute Gasteiger partial charge is 0.244 e. The largest absolute Gasteiger partial charge is 0.326 e. The molecule has 0 bridgehead atoms. The zero-order chi connectivity index (χ0) is 18.5. The van der Waals surface area contributed by atoms with Crippen LogP contribution < -0.4 is 10.0 Å². The van der Waals surface area contributed by atoms with Crippen LogP contribution in [0.2, 0.25) is 0 Å². The quantitative estimate of drug-likeness (QED) is 0.767. The molecule has 136 valence electrons. The van der Waals surface area contributed by atoms with Gasteiger partial charge in [-0.25, -0.2) is 17.5 Å². The molecule has 0 aromatic heterocycles. The van der Waals surface area contributed by atoms with Crippen molar-refractivity contribution in [2.24, 2.45) is 0 Å². The third-order valence-corrected chi connectivity index (χ3v) is 6.90. The van der Waals surface area contributed by atoms with E-state index in [4.69, 9.17) is 0 Å². The molecule has 1 amide bonds. The van der Waals surface area contributed by atoms with Gasteiger partial charge in [0.25, 0.3) is 0 Å². The Balaban J connectivity index is 1.67. The fraction of sp³-hybridized carbons (Fsp3) is 0.278. The van der Waals surface area contributed by atoms with Crippen molar-refractivity contribution in [1.29, 1.82) is 0 Å². The average Bonchev–Trinajstić information content (AvgIpc) is 3.34. The Morgan fingerprint density at radius 2 is 1.81 bits per heavy atom. The predicted molar refractivity (Wildman–Crippen MR) is 98.7 cm³/mol. The zero-order valence-corrected chi connectivity index (χ0v) is 16.1. The van der Waals surface area contributed by atoms with E-state index in [-0.39, 0.29) is 17.2 Å². The summed E-state index contributed by atoms with van der Waals surface area (Å²) in [6, 6.07) is 9.83. The number of rotatable bonds is 4. The van der Waals surface area contributed by atoms with Gasteiger partial charge in [-0.2, -0.15) is 0 Å². The molecule has 8 heteroatoms. The third kappa shape index (κ3) is 3.17. The minimum Gasteiger partial charge on any atom is -0.326 e. The van der Waals surface area contributed by atoms with Gasteiger partial charge >= 0.3 is 0 Å². The molecule has 26 heavy (non-hydrogen) atoms. The first-order chi connectivity index (χ1) is 12.3. The van der Waals surface area contributed by atoms with Gasteiger partial charge in [0.1, 0.15) is 10.7 Å². The highest BCUT2D eigenvalue weighted by Gasteiger charge is 2.48. The van der Waals surface area contributed by atoms with Gasteiger partial charge in [-0.15, -0.1) is 0 Å². The summed E-state index contributed by atoms with van der Waals surface area (Å²) in [7, 11) is -4.04. The van der Waals surface area contributed by atoms with Crippen LogP contribution in [-0.4, -0.2) is 14.3 Å². The molecule has 2 N–H and O–H groups in total. The summed E-state index contributed by atoms with van der Waals surface area (Å²) >= 11 is 3.36. The van der Waals surface area contributed by atoms with E-state index in [9.17, 15) is 17.6 Å². The number of anilines is 1. The molecule has 2 aliphatic rings. The van der Waals surface area contributed by atoms with Crippen LogP contribution in [0.15, 0.2) is 45.8 Å². The third-order valence-electron chi connectivity index (χ3n) is 4.82. The van der Waals surface area contributed by atoms with Gasteiger partial charge in [-0.1, -0.05) is 28.1 Å². The first-order valence-corrected chi connectivity index (χ1v) is 10.5. The number of carbonyl (C=O) groups excluding carboxylic acids is 1. The molecule has 1 saturated carbocycles. The van der Waals surface area contributed by atoms with Gasteiger partial charge in [0.2, 0.25) is 15.9 Å². The monoisotopic (exact) mass is 438 g/mol. The fourth-order valence-corrected chi connectivity index (χ4v) is 5.07. The van der Waals surface area contributed by atoms with Crippen molar-refractivity contribution in [3.63, 3.8) is 0 Å². The zero-order valence-electron chi connectivity index (χ0n) is 13.7. The summed E-state index contributed by atoms with van der Waals surface area (Å²) in [6.45, 7) is 0. The van der Waals surface area contributed by atoms with Gasteiger partial charge in [0, 0.05) is 16.6 Å². The summed E-state index contributed by atoms with van der Waals surface area (Å²) in [6.07, 6.45) is 1.98. The standard InChI is InChI=1S/C18H16BrFN2O3S/c19-13-4-2-12(3-5-13)18(7-8-18)22-26(24,25)16-9-11-1-6-17(23)21-15(11)10-14(16)20/h2-5,9-10,22H,1,6-8H2,(H,21,23). The second-order valence-corrected chi connectivity index (χ2v) is 9.25. The Labute approximate surface area is 159 Å². The average molecular weight is 439 g/mol.